The number of aromatic amines is 1. The number of ketones is 1. The molecule has 176 valence electrons. The van der Waals surface area contributed by atoms with Gasteiger partial charge in [-0.1, -0.05) is 68.8 Å². The number of carbonyl (C=O) groups is 1. The summed E-state index contributed by atoms with van der Waals surface area (Å²) in [7, 11) is 0. The van der Waals surface area contributed by atoms with Gasteiger partial charge in [0.25, 0.3) is 0 Å². The molecule has 0 spiro atoms. The lowest BCUT2D eigenvalue weighted by atomic mass is 10.0. The summed E-state index contributed by atoms with van der Waals surface area (Å²) < 4.78 is 12.1. The van der Waals surface area contributed by atoms with Crippen molar-refractivity contribution in [2.24, 2.45) is 0 Å². The highest BCUT2D eigenvalue weighted by atomic mass is 19.1. The highest BCUT2D eigenvalue weighted by Gasteiger charge is 2.11. The summed E-state index contributed by atoms with van der Waals surface area (Å²) in [5, 5.41) is 7.64. The number of allylic oxidation sites excluding steroid dienone is 6. The van der Waals surface area contributed by atoms with E-state index in [-0.39, 0.29) is 11.6 Å². The molecule has 0 aliphatic carbocycles. The highest BCUT2D eigenvalue weighted by molar-refractivity contribution is 5.75. The van der Waals surface area contributed by atoms with Gasteiger partial charge >= 0.3 is 0 Å². The van der Waals surface area contributed by atoms with E-state index in [1.54, 1.807) is 19.1 Å². The summed E-state index contributed by atoms with van der Waals surface area (Å²) >= 11 is 0. The number of rotatable bonds is 9. The Morgan fingerprint density at radius 3 is 2.31 bits per heavy atom. The van der Waals surface area contributed by atoms with Gasteiger partial charge in [-0.2, -0.15) is 5.10 Å². The SMILES string of the molecule is CC.C\C=C/C(=C\C=C/CC)c1n[nH]c(CCCCC(C)=O)c1C.Cc1ccc(F)cc1. The van der Waals surface area contributed by atoms with Crippen LogP contribution in [0, 0.1) is 19.7 Å². The summed E-state index contributed by atoms with van der Waals surface area (Å²) in [4.78, 5) is 11.0. The van der Waals surface area contributed by atoms with Gasteiger partial charge in [0.2, 0.25) is 0 Å². The molecule has 2 aromatic rings. The molecule has 0 radical (unpaired) electrons. The fourth-order valence-electron chi connectivity index (χ4n) is 2.87. The van der Waals surface area contributed by atoms with Crippen LogP contribution in [0.3, 0.4) is 0 Å². The first kappa shape index (κ1) is 29.2. The molecule has 4 heteroatoms. The van der Waals surface area contributed by atoms with Crippen LogP contribution in [-0.2, 0) is 11.2 Å². The third-order valence-corrected chi connectivity index (χ3v) is 4.59. The molecular formula is C28H41FN2O. The van der Waals surface area contributed by atoms with E-state index in [0.29, 0.717) is 6.42 Å². The summed E-state index contributed by atoms with van der Waals surface area (Å²) in [6.45, 7) is 13.8. The zero-order valence-corrected chi connectivity index (χ0v) is 21.0. The van der Waals surface area contributed by atoms with Crippen molar-refractivity contribution in [1.82, 2.24) is 10.2 Å². The van der Waals surface area contributed by atoms with Gasteiger partial charge in [-0.3, -0.25) is 5.10 Å². The van der Waals surface area contributed by atoms with E-state index in [1.165, 1.54) is 23.4 Å². The zero-order chi connectivity index (χ0) is 24.4. The lowest BCUT2D eigenvalue weighted by Crippen LogP contribution is -1.93. The number of Topliss-reactive ketones (excluding diaryl/α,β-unsaturated/α-hetero) is 1. The van der Waals surface area contributed by atoms with Gasteiger partial charge in [-0.25, -0.2) is 4.39 Å². The molecule has 32 heavy (non-hydrogen) atoms. The van der Waals surface area contributed by atoms with E-state index >= 15 is 0 Å². The lowest BCUT2D eigenvalue weighted by molar-refractivity contribution is -0.117. The van der Waals surface area contributed by atoms with Crippen molar-refractivity contribution in [3.8, 4) is 0 Å². The first-order chi connectivity index (χ1) is 15.4. The molecule has 0 unspecified atom stereocenters. The Kier molecular flexibility index (Phi) is 16.3. The van der Waals surface area contributed by atoms with E-state index in [1.807, 2.05) is 33.8 Å². The topological polar surface area (TPSA) is 45.8 Å². The zero-order valence-electron chi connectivity index (χ0n) is 21.0. The normalized spacial score (nSPS) is 11.2. The minimum absolute atomic E-state index is 0.171. The number of nitrogens with one attached hydrogen (secondary N) is 1. The molecule has 3 nitrogen and oxygen atoms in total. The fraction of sp³-hybridized carbons (Fsp3) is 0.429. The van der Waals surface area contributed by atoms with Crippen LogP contribution in [0.5, 0.6) is 0 Å². The Bertz CT molecular complexity index is 837. The maximum atomic E-state index is 12.1. The molecule has 1 heterocycles. The molecular weight excluding hydrogens is 399 g/mol. The van der Waals surface area contributed by atoms with Crippen LogP contribution in [0.25, 0.3) is 5.57 Å². The summed E-state index contributed by atoms with van der Waals surface area (Å²) in [5.41, 5.74) is 5.60. The molecule has 0 fully saturated rings. The number of halogens is 1. The smallest absolute Gasteiger partial charge is 0.129 e. The molecule has 0 aliphatic rings. The third kappa shape index (κ3) is 12.2. The average molecular weight is 441 g/mol. The second kappa shape index (κ2) is 17.9. The Balaban J connectivity index is 0.000000796. The summed E-state index contributed by atoms with van der Waals surface area (Å²) in [6, 6.07) is 6.40. The van der Waals surface area contributed by atoms with Gasteiger partial charge in [-0.05, 0) is 71.1 Å². The Morgan fingerprint density at radius 1 is 1.12 bits per heavy atom. The van der Waals surface area contributed by atoms with Crippen molar-refractivity contribution < 1.29 is 9.18 Å². The average Bonchev–Trinajstić information content (AvgIpc) is 3.15. The minimum Gasteiger partial charge on any atom is -0.300 e. The van der Waals surface area contributed by atoms with Gasteiger partial charge in [0.05, 0.1) is 5.69 Å². The third-order valence-electron chi connectivity index (χ3n) is 4.59. The predicted molar refractivity (Wildman–Crippen MR) is 136 cm³/mol. The number of unbranched alkanes of at least 4 members (excludes halogenated alkanes) is 1. The Hall–Kier alpha value is -2.75. The van der Waals surface area contributed by atoms with Crippen molar-refractivity contribution in [2.75, 3.05) is 0 Å². The number of carbonyl (C=O) groups excluding carboxylic acids is 1. The minimum atomic E-state index is -0.171. The molecule has 0 saturated heterocycles. The number of nitrogens with zero attached hydrogens (tertiary/aromatic N) is 1. The van der Waals surface area contributed by atoms with Crippen LogP contribution in [0.4, 0.5) is 4.39 Å². The molecule has 0 amide bonds. The van der Waals surface area contributed by atoms with Crippen LogP contribution >= 0.6 is 0 Å². The van der Waals surface area contributed by atoms with Crippen LogP contribution in [0.15, 0.2) is 54.6 Å². The number of aryl methyl sites for hydroxylation is 2. The van der Waals surface area contributed by atoms with Gasteiger partial charge in [0.1, 0.15) is 11.6 Å². The first-order valence-corrected chi connectivity index (χ1v) is 11.6. The largest absolute Gasteiger partial charge is 0.300 e. The fourth-order valence-corrected chi connectivity index (χ4v) is 2.87. The van der Waals surface area contributed by atoms with Gasteiger partial charge in [0, 0.05) is 17.7 Å². The van der Waals surface area contributed by atoms with E-state index in [9.17, 15) is 9.18 Å². The second-order valence-corrected chi connectivity index (χ2v) is 7.34. The summed E-state index contributed by atoms with van der Waals surface area (Å²) in [6.07, 6.45) is 15.0. The van der Waals surface area contributed by atoms with E-state index in [0.717, 1.165) is 42.5 Å². The Labute approximate surface area is 194 Å². The van der Waals surface area contributed by atoms with Crippen LogP contribution in [0.1, 0.15) is 82.8 Å². The molecule has 2 rings (SSSR count). The van der Waals surface area contributed by atoms with Crippen LogP contribution in [0.2, 0.25) is 0 Å². The van der Waals surface area contributed by atoms with Gasteiger partial charge in [0.15, 0.2) is 0 Å². The number of aromatic nitrogens is 2. The van der Waals surface area contributed by atoms with E-state index in [2.05, 4.69) is 48.3 Å². The first-order valence-electron chi connectivity index (χ1n) is 11.6. The molecule has 0 bridgehead atoms. The predicted octanol–water partition coefficient (Wildman–Crippen LogP) is 8.11. The monoisotopic (exact) mass is 440 g/mol. The molecule has 0 aliphatic heterocycles. The van der Waals surface area contributed by atoms with Gasteiger partial charge < -0.3 is 4.79 Å². The van der Waals surface area contributed by atoms with Crippen molar-refractivity contribution >= 4 is 11.4 Å². The van der Waals surface area contributed by atoms with Crippen molar-refractivity contribution in [3.05, 3.63) is 83.0 Å². The molecule has 1 aromatic heterocycles. The standard InChI is InChI=1S/C19H28N2O.C7H7F.C2H6/c1-5-7-8-13-17(11-6-2)19-16(4)18(20-21-19)14-10-9-12-15(3)22;1-6-2-4-7(8)5-3-6;1-2/h6-8,11,13H,5,9-10,12,14H2,1-4H3,(H,20,21);2-5H,1H3;1-2H3/b8-7-,11-6-,17-13+;;. The van der Waals surface area contributed by atoms with E-state index in [4.69, 9.17) is 0 Å². The Morgan fingerprint density at radius 2 is 1.78 bits per heavy atom. The molecule has 0 atom stereocenters. The highest BCUT2D eigenvalue weighted by Crippen LogP contribution is 2.22. The van der Waals surface area contributed by atoms with Crippen molar-refractivity contribution in [3.63, 3.8) is 0 Å². The number of hydrogen-bond acceptors (Lipinski definition) is 2. The van der Waals surface area contributed by atoms with Crippen molar-refractivity contribution in [2.45, 2.75) is 80.6 Å². The number of benzene rings is 1. The number of H-pyrrole nitrogens is 1. The molecule has 1 N–H and O–H groups in total. The van der Waals surface area contributed by atoms with Gasteiger partial charge in [-0.15, -0.1) is 0 Å². The quantitative estimate of drug-likeness (QED) is 0.316. The maximum absolute atomic E-state index is 12.1. The van der Waals surface area contributed by atoms with Crippen LogP contribution < -0.4 is 0 Å². The van der Waals surface area contributed by atoms with Crippen molar-refractivity contribution in [1.29, 1.82) is 0 Å². The number of hydrogen-bond donors (Lipinski definition) is 1. The molecule has 1 aromatic carbocycles. The maximum Gasteiger partial charge on any atom is 0.129 e. The second-order valence-electron chi connectivity index (χ2n) is 7.34. The summed E-state index contributed by atoms with van der Waals surface area (Å²) in [5.74, 6) is 0.0960. The van der Waals surface area contributed by atoms with E-state index < -0.39 is 0 Å². The lowest BCUT2D eigenvalue weighted by Gasteiger charge is -2.01. The molecule has 0 saturated carbocycles. The van der Waals surface area contributed by atoms with Crippen LogP contribution in [-0.4, -0.2) is 16.0 Å².